The van der Waals surface area contributed by atoms with Crippen molar-refractivity contribution in [1.29, 1.82) is 0 Å². The molecule has 0 aliphatic carbocycles. The Bertz CT molecular complexity index is 776. The summed E-state index contributed by atoms with van der Waals surface area (Å²) in [7, 11) is 0. The molecule has 0 radical (unpaired) electrons. The average Bonchev–Trinajstić information content (AvgIpc) is 2.62. The normalized spacial score (nSPS) is 17.2. The molecule has 1 aliphatic rings. The summed E-state index contributed by atoms with van der Waals surface area (Å²) in [5, 5.41) is 0. The number of carbonyl (C=O) groups is 2. The number of rotatable bonds is 4. The second kappa shape index (κ2) is 7.34. The van der Waals surface area contributed by atoms with Gasteiger partial charge in [0.05, 0.1) is 5.92 Å². The molecule has 0 unspecified atom stereocenters. The van der Waals surface area contributed by atoms with E-state index >= 15 is 0 Å². The van der Waals surface area contributed by atoms with E-state index in [2.05, 4.69) is 0 Å². The lowest BCUT2D eigenvalue weighted by Gasteiger charge is -2.31. The van der Waals surface area contributed by atoms with Crippen LogP contribution in [-0.4, -0.2) is 29.8 Å². The van der Waals surface area contributed by atoms with Crippen molar-refractivity contribution in [2.45, 2.75) is 12.8 Å². The molecule has 6 heteroatoms. The first-order chi connectivity index (χ1) is 12.0. The van der Waals surface area contributed by atoms with Crippen LogP contribution in [0, 0.1) is 11.7 Å². The Hall–Kier alpha value is -2.89. The van der Waals surface area contributed by atoms with Crippen molar-refractivity contribution >= 4 is 11.8 Å². The highest BCUT2D eigenvalue weighted by molar-refractivity contribution is 5.94. The highest BCUT2D eigenvalue weighted by Crippen LogP contribution is 2.23. The van der Waals surface area contributed by atoms with E-state index < -0.39 is 0 Å². The summed E-state index contributed by atoms with van der Waals surface area (Å²) in [4.78, 5) is 25.6. The lowest BCUT2D eigenvalue weighted by molar-refractivity contribution is -0.123. The van der Waals surface area contributed by atoms with Crippen molar-refractivity contribution in [3.05, 3.63) is 59.9 Å². The lowest BCUT2D eigenvalue weighted by Crippen LogP contribution is -2.44. The molecule has 5 nitrogen and oxygen atoms in total. The molecule has 25 heavy (non-hydrogen) atoms. The molecule has 130 valence electrons. The Morgan fingerprint density at radius 1 is 1.12 bits per heavy atom. The number of halogens is 1. The van der Waals surface area contributed by atoms with Crippen molar-refractivity contribution in [2.24, 2.45) is 11.7 Å². The fraction of sp³-hybridized carbons (Fsp3) is 0.263. The van der Waals surface area contributed by atoms with E-state index in [9.17, 15) is 14.0 Å². The first kappa shape index (κ1) is 17.0. The van der Waals surface area contributed by atoms with Crippen LogP contribution in [0.5, 0.6) is 11.5 Å². The number of nitrogens with zero attached hydrogens (tertiary/aromatic N) is 1. The largest absolute Gasteiger partial charge is 0.457 e. The maximum atomic E-state index is 13.2. The van der Waals surface area contributed by atoms with Gasteiger partial charge in [0.15, 0.2) is 0 Å². The van der Waals surface area contributed by atoms with Gasteiger partial charge >= 0.3 is 0 Å². The van der Waals surface area contributed by atoms with Gasteiger partial charge in [-0.15, -0.1) is 0 Å². The fourth-order valence-corrected chi connectivity index (χ4v) is 2.91. The van der Waals surface area contributed by atoms with E-state index in [1.54, 1.807) is 41.3 Å². The fourth-order valence-electron chi connectivity index (χ4n) is 2.91. The third-order valence-electron chi connectivity index (χ3n) is 4.24. The molecule has 1 fully saturated rings. The predicted octanol–water partition coefficient (Wildman–Crippen LogP) is 2.96. The van der Waals surface area contributed by atoms with Gasteiger partial charge in [0, 0.05) is 24.7 Å². The van der Waals surface area contributed by atoms with Gasteiger partial charge in [-0.05, 0) is 49.2 Å². The molecule has 2 aromatic carbocycles. The number of primary amides is 1. The lowest BCUT2D eigenvalue weighted by atomic mass is 9.97. The van der Waals surface area contributed by atoms with Crippen molar-refractivity contribution < 1.29 is 18.7 Å². The van der Waals surface area contributed by atoms with E-state index in [1.807, 2.05) is 0 Å². The molecule has 0 saturated carbocycles. The maximum absolute atomic E-state index is 13.2. The summed E-state index contributed by atoms with van der Waals surface area (Å²) in [6.45, 7) is 0.972. The molecule has 0 bridgehead atoms. The molecule has 1 heterocycles. The van der Waals surface area contributed by atoms with Crippen molar-refractivity contribution in [3.8, 4) is 11.5 Å². The van der Waals surface area contributed by atoms with Crippen molar-refractivity contribution in [3.63, 3.8) is 0 Å². The van der Waals surface area contributed by atoms with Gasteiger partial charge < -0.3 is 15.4 Å². The van der Waals surface area contributed by atoms with Gasteiger partial charge in [-0.1, -0.05) is 6.07 Å². The number of piperidine rings is 1. The Morgan fingerprint density at radius 3 is 2.56 bits per heavy atom. The van der Waals surface area contributed by atoms with Crippen molar-refractivity contribution in [2.75, 3.05) is 13.1 Å². The smallest absolute Gasteiger partial charge is 0.253 e. The van der Waals surface area contributed by atoms with Gasteiger partial charge in [0.25, 0.3) is 5.91 Å². The van der Waals surface area contributed by atoms with E-state index in [-0.39, 0.29) is 23.5 Å². The number of ether oxygens (including phenoxy) is 1. The van der Waals surface area contributed by atoms with Crippen LogP contribution >= 0.6 is 0 Å². The van der Waals surface area contributed by atoms with E-state index in [0.717, 1.165) is 12.8 Å². The van der Waals surface area contributed by atoms with Gasteiger partial charge in [0.2, 0.25) is 5.91 Å². The second-order valence-corrected chi connectivity index (χ2v) is 6.08. The Balaban J connectivity index is 1.67. The van der Waals surface area contributed by atoms with Crippen LogP contribution in [0.1, 0.15) is 23.2 Å². The van der Waals surface area contributed by atoms with E-state index in [4.69, 9.17) is 10.5 Å². The first-order valence-electron chi connectivity index (χ1n) is 8.15. The number of nitrogens with two attached hydrogens (primary N) is 1. The molecule has 0 aromatic heterocycles. The molecule has 1 atom stereocenters. The minimum Gasteiger partial charge on any atom is -0.457 e. The van der Waals surface area contributed by atoms with Gasteiger partial charge in [-0.3, -0.25) is 9.59 Å². The maximum Gasteiger partial charge on any atom is 0.253 e. The molecule has 1 saturated heterocycles. The Labute approximate surface area is 145 Å². The summed E-state index contributed by atoms with van der Waals surface area (Å²) in [6.07, 6.45) is 1.49. The minimum absolute atomic E-state index is 0.136. The zero-order valence-electron chi connectivity index (χ0n) is 13.7. The van der Waals surface area contributed by atoms with Gasteiger partial charge in [0.1, 0.15) is 17.3 Å². The van der Waals surface area contributed by atoms with E-state index in [0.29, 0.717) is 30.2 Å². The number of likely N-dealkylation sites (tertiary alicyclic amines) is 1. The van der Waals surface area contributed by atoms with Crippen LogP contribution in [0.4, 0.5) is 4.39 Å². The summed E-state index contributed by atoms with van der Waals surface area (Å²) >= 11 is 0. The van der Waals surface area contributed by atoms with Crippen LogP contribution in [-0.2, 0) is 4.79 Å². The van der Waals surface area contributed by atoms with E-state index in [1.165, 1.54) is 12.1 Å². The highest BCUT2D eigenvalue weighted by Gasteiger charge is 2.27. The first-order valence-corrected chi connectivity index (χ1v) is 8.15. The van der Waals surface area contributed by atoms with Crippen LogP contribution in [0.15, 0.2) is 48.5 Å². The number of hydrogen-bond donors (Lipinski definition) is 1. The summed E-state index contributed by atoms with van der Waals surface area (Å²) < 4.78 is 18.7. The predicted molar refractivity (Wildman–Crippen MR) is 90.7 cm³/mol. The molecular formula is C19H19FN2O3. The third kappa shape index (κ3) is 4.15. The third-order valence-corrected chi connectivity index (χ3v) is 4.24. The number of amides is 2. The Kier molecular flexibility index (Phi) is 4.97. The van der Waals surface area contributed by atoms with Gasteiger partial charge in [-0.25, -0.2) is 4.39 Å². The second-order valence-electron chi connectivity index (χ2n) is 6.08. The molecule has 1 aliphatic heterocycles. The monoisotopic (exact) mass is 342 g/mol. The SMILES string of the molecule is NC(=O)[C@H]1CCCN(C(=O)c2ccc(Oc3cccc(F)c3)cc2)C1. The highest BCUT2D eigenvalue weighted by atomic mass is 19.1. The van der Waals surface area contributed by atoms with Gasteiger partial charge in [-0.2, -0.15) is 0 Å². The molecule has 2 amide bonds. The Morgan fingerprint density at radius 2 is 1.88 bits per heavy atom. The molecule has 3 rings (SSSR count). The number of hydrogen-bond acceptors (Lipinski definition) is 3. The van der Waals surface area contributed by atoms with Crippen LogP contribution < -0.4 is 10.5 Å². The van der Waals surface area contributed by atoms with Crippen LogP contribution in [0.3, 0.4) is 0 Å². The molecular weight excluding hydrogens is 323 g/mol. The standard InChI is InChI=1S/C19H19FN2O3/c20-15-4-1-5-17(11-15)25-16-8-6-13(7-9-16)19(24)22-10-2-3-14(12-22)18(21)23/h1,4-9,11,14H,2-3,10,12H2,(H2,21,23)/t14-/m0/s1. The summed E-state index contributed by atoms with van der Waals surface area (Å²) in [5.74, 6) is -0.263. The molecule has 2 N–H and O–H groups in total. The number of carbonyl (C=O) groups excluding carboxylic acids is 2. The average molecular weight is 342 g/mol. The quantitative estimate of drug-likeness (QED) is 0.928. The van der Waals surface area contributed by atoms with Crippen LogP contribution in [0.25, 0.3) is 0 Å². The van der Waals surface area contributed by atoms with Crippen LogP contribution in [0.2, 0.25) is 0 Å². The van der Waals surface area contributed by atoms with Crippen molar-refractivity contribution in [1.82, 2.24) is 4.90 Å². The molecule has 2 aromatic rings. The zero-order chi connectivity index (χ0) is 17.8. The summed E-state index contributed by atoms with van der Waals surface area (Å²) in [5.41, 5.74) is 5.86. The molecule has 0 spiro atoms. The number of benzene rings is 2. The topological polar surface area (TPSA) is 72.6 Å². The zero-order valence-corrected chi connectivity index (χ0v) is 13.7. The summed E-state index contributed by atoms with van der Waals surface area (Å²) in [6, 6.07) is 12.5. The minimum atomic E-state index is -0.376.